The molecule has 1 aromatic heterocycles. The van der Waals surface area contributed by atoms with Crippen LogP contribution in [0.25, 0.3) is 11.1 Å². The number of nitrogens with zero attached hydrogens (tertiary/aromatic N) is 2. The van der Waals surface area contributed by atoms with Gasteiger partial charge in [0.1, 0.15) is 5.82 Å². The van der Waals surface area contributed by atoms with Gasteiger partial charge in [-0.15, -0.1) is 0 Å². The largest absolute Gasteiger partial charge is 0.399 e. The molecule has 0 fully saturated rings. The summed E-state index contributed by atoms with van der Waals surface area (Å²) in [5.74, 6) is 0.646. The minimum absolute atomic E-state index is 0.144. The molecule has 0 spiro atoms. The van der Waals surface area contributed by atoms with Crippen LogP contribution in [0.1, 0.15) is 18.8 Å². The number of hydrogen-bond acceptors (Lipinski definition) is 4. The fraction of sp³-hybridized carbons (Fsp3) is 0.167. The molecule has 4 nitrogen and oxygen atoms in total. The molecule has 0 bridgehead atoms. The van der Waals surface area contributed by atoms with E-state index in [-0.39, 0.29) is 6.04 Å². The number of rotatable bonds is 2. The lowest BCUT2D eigenvalue weighted by Crippen LogP contribution is -2.09. The van der Waals surface area contributed by atoms with E-state index >= 15 is 0 Å². The van der Waals surface area contributed by atoms with Crippen LogP contribution in [0.2, 0.25) is 0 Å². The van der Waals surface area contributed by atoms with Crippen LogP contribution in [-0.4, -0.2) is 9.97 Å². The third kappa shape index (κ3) is 2.17. The van der Waals surface area contributed by atoms with Gasteiger partial charge in [-0.05, 0) is 24.6 Å². The van der Waals surface area contributed by atoms with Gasteiger partial charge in [-0.25, -0.2) is 9.97 Å². The van der Waals surface area contributed by atoms with Crippen LogP contribution in [0.3, 0.4) is 0 Å². The van der Waals surface area contributed by atoms with Crippen LogP contribution in [0.15, 0.2) is 36.7 Å². The summed E-state index contributed by atoms with van der Waals surface area (Å²) in [5, 5.41) is 0. The molecule has 1 unspecified atom stereocenters. The van der Waals surface area contributed by atoms with Crippen molar-refractivity contribution in [1.29, 1.82) is 0 Å². The first kappa shape index (κ1) is 10.6. The average Bonchev–Trinajstić information content (AvgIpc) is 2.29. The summed E-state index contributed by atoms with van der Waals surface area (Å²) >= 11 is 0. The molecule has 0 aliphatic heterocycles. The van der Waals surface area contributed by atoms with Gasteiger partial charge in [-0.2, -0.15) is 0 Å². The maximum Gasteiger partial charge on any atom is 0.144 e. The maximum atomic E-state index is 5.71. The molecule has 0 saturated carbocycles. The van der Waals surface area contributed by atoms with E-state index < -0.39 is 0 Å². The van der Waals surface area contributed by atoms with Gasteiger partial charge in [-0.1, -0.05) is 12.1 Å². The van der Waals surface area contributed by atoms with Crippen molar-refractivity contribution in [2.24, 2.45) is 5.73 Å². The standard InChI is InChI=1S/C12H14N4/c1-8(13)12-15-6-10(7-16-12)9-3-2-4-11(14)5-9/h2-8H,13-14H2,1H3. The molecule has 2 rings (SSSR count). The molecule has 16 heavy (non-hydrogen) atoms. The van der Waals surface area contributed by atoms with Crippen molar-refractivity contribution >= 4 is 5.69 Å². The van der Waals surface area contributed by atoms with Gasteiger partial charge < -0.3 is 11.5 Å². The van der Waals surface area contributed by atoms with E-state index in [0.717, 1.165) is 16.8 Å². The Morgan fingerprint density at radius 2 is 1.81 bits per heavy atom. The SMILES string of the molecule is CC(N)c1ncc(-c2cccc(N)c2)cn1. The number of hydrogen-bond donors (Lipinski definition) is 2. The van der Waals surface area contributed by atoms with Crippen LogP contribution < -0.4 is 11.5 Å². The molecule has 1 atom stereocenters. The second-order valence-electron chi connectivity index (χ2n) is 3.74. The highest BCUT2D eigenvalue weighted by atomic mass is 14.9. The molecular formula is C12H14N4. The van der Waals surface area contributed by atoms with Gasteiger partial charge in [0.05, 0.1) is 6.04 Å². The average molecular weight is 214 g/mol. The zero-order valence-corrected chi connectivity index (χ0v) is 9.09. The Morgan fingerprint density at radius 1 is 1.12 bits per heavy atom. The summed E-state index contributed by atoms with van der Waals surface area (Å²) < 4.78 is 0. The third-order valence-electron chi connectivity index (χ3n) is 2.30. The molecule has 82 valence electrons. The Kier molecular flexibility index (Phi) is 2.83. The monoisotopic (exact) mass is 214 g/mol. The molecule has 1 heterocycles. The Morgan fingerprint density at radius 3 is 2.38 bits per heavy atom. The topological polar surface area (TPSA) is 77.8 Å². The lowest BCUT2D eigenvalue weighted by Gasteiger charge is -2.05. The summed E-state index contributed by atoms with van der Waals surface area (Å²) in [6, 6.07) is 7.48. The van der Waals surface area contributed by atoms with Crippen LogP contribution in [-0.2, 0) is 0 Å². The molecule has 0 saturated heterocycles. The first-order valence-corrected chi connectivity index (χ1v) is 5.10. The molecule has 4 N–H and O–H groups in total. The second-order valence-corrected chi connectivity index (χ2v) is 3.74. The van der Waals surface area contributed by atoms with Crippen molar-refractivity contribution in [3.05, 3.63) is 42.5 Å². The van der Waals surface area contributed by atoms with Crippen LogP contribution in [0, 0.1) is 0 Å². The summed E-state index contributed by atoms with van der Waals surface area (Å²) in [6.07, 6.45) is 3.53. The Labute approximate surface area is 94.3 Å². The molecule has 0 amide bonds. The summed E-state index contributed by atoms with van der Waals surface area (Å²) in [4.78, 5) is 8.41. The normalized spacial score (nSPS) is 12.4. The molecule has 0 aliphatic carbocycles. The fourth-order valence-electron chi connectivity index (χ4n) is 1.44. The van der Waals surface area contributed by atoms with Crippen molar-refractivity contribution in [3.63, 3.8) is 0 Å². The molecule has 4 heteroatoms. The van der Waals surface area contributed by atoms with Gasteiger partial charge in [0.2, 0.25) is 0 Å². The van der Waals surface area contributed by atoms with Crippen molar-refractivity contribution in [2.75, 3.05) is 5.73 Å². The van der Waals surface area contributed by atoms with Gasteiger partial charge in [-0.3, -0.25) is 0 Å². The lowest BCUT2D eigenvalue weighted by molar-refractivity contribution is 0.739. The summed E-state index contributed by atoms with van der Waals surface area (Å²) in [6.45, 7) is 1.86. The number of aromatic nitrogens is 2. The van der Waals surface area contributed by atoms with E-state index in [0.29, 0.717) is 5.82 Å². The van der Waals surface area contributed by atoms with Crippen LogP contribution in [0.5, 0.6) is 0 Å². The van der Waals surface area contributed by atoms with E-state index in [2.05, 4.69) is 9.97 Å². The molecule has 0 aliphatic rings. The Bertz CT molecular complexity index is 477. The van der Waals surface area contributed by atoms with E-state index in [4.69, 9.17) is 11.5 Å². The van der Waals surface area contributed by atoms with Crippen molar-refractivity contribution in [1.82, 2.24) is 9.97 Å². The van der Waals surface area contributed by atoms with E-state index in [1.807, 2.05) is 31.2 Å². The highest BCUT2D eigenvalue weighted by molar-refractivity contribution is 5.65. The van der Waals surface area contributed by atoms with Gasteiger partial charge in [0.15, 0.2) is 0 Å². The number of nitrogens with two attached hydrogens (primary N) is 2. The predicted molar refractivity (Wildman–Crippen MR) is 64.5 cm³/mol. The van der Waals surface area contributed by atoms with Gasteiger partial charge in [0.25, 0.3) is 0 Å². The number of nitrogen functional groups attached to an aromatic ring is 1. The second kappa shape index (κ2) is 4.28. The Hall–Kier alpha value is -1.94. The molecule has 2 aromatic rings. The maximum absolute atomic E-state index is 5.71. The zero-order valence-electron chi connectivity index (χ0n) is 9.09. The van der Waals surface area contributed by atoms with Gasteiger partial charge >= 0.3 is 0 Å². The molecule has 1 aromatic carbocycles. The minimum Gasteiger partial charge on any atom is -0.399 e. The summed E-state index contributed by atoms with van der Waals surface area (Å²) in [7, 11) is 0. The molecular weight excluding hydrogens is 200 g/mol. The predicted octanol–water partition coefficient (Wildman–Crippen LogP) is 1.75. The first-order valence-electron chi connectivity index (χ1n) is 5.10. The van der Waals surface area contributed by atoms with E-state index in [9.17, 15) is 0 Å². The minimum atomic E-state index is -0.144. The molecule has 0 radical (unpaired) electrons. The summed E-state index contributed by atoms with van der Waals surface area (Å²) in [5.41, 5.74) is 14.1. The Balaban J connectivity index is 2.35. The van der Waals surface area contributed by atoms with E-state index in [1.54, 1.807) is 12.4 Å². The zero-order chi connectivity index (χ0) is 11.5. The number of anilines is 1. The van der Waals surface area contributed by atoms with Crippen molar-refractivity contribution in [2.45, 2.75) is 13.0 Å². The van der Waals surface area contributed by atoms with E-state index in [1.165, 1.54) is 0 Å². The first-order chi connectivity index (χ1) is 7.66. The highest BCUT2D eigenvalue weighted by Gasteiger charge is 2.03. The van der Waals surface area contributed by atoms with Crippen molar-refractivity contribution < 1.29 is 0 Å². The number of benzene rings is 1. The fourth-order valence-corrected chi connectivity index (χ4v) is 1.44. The lowest BCUT2D eigenvalue weighted by atomic mass is 10.1. The quantitative estimate of drug-likeness (QED) is 0.746. The smallest absolute Gasteiger partial charge is 0.144 e. The highest BCUT2D eigenvalue weighted by Crippen LogP contribution is 2.20. The van der Waals surface area contributed by atoms with Gasteiger partial charge in [0, 0.05) is 23.6 Å². The van der Waals surface area contributed by atoms with Crippen molar-refractivity contribution in [3.8, 4) is 11.1 Å². The third-order valence-corrected chi connectivity index (χ3v) is 2.30. The van der Waals surface area contributed by atoms with Crippen LogP contribution in [0.4, 0.5) is 5.69 Å². The van der Waals surface area contributed by atoms with Crippen LogP contribution >= 0.6 is 0 Å².